The molecule has 0 aliphatic heterocycles. The third-order valence-electron chi connectivity index (χ3n) is 2.94. The molecule has 0 unspecified atom stereocenters. The zero-order valence-corrected chi connectivity index (χ0v) is 12.2. The quantitative estimate of drug-likeness (QED) is 0.411. The van der Waals surface area contributed by atoms with Crippen molar-refractivity contribution in [3.63, 3.8) is 0 Å². The Balaban J connectivity index is 2.53. The minimum atomic E-state index is -0.489. The lowest BCUT2D eigenvalue weighted by molar-refractivity contribution is -0.384. The van der Waals surface area contributed by atoms with Crippen molar-refractivity contribution in [2.24, 2.45) is 0 Å². The maximum atomic E-state index is 12.1. The number of benzene rings is 1. The summed E-state index contributed by atoms with van der Waals surface area (Å²) in [6.45, 7) is 2.06. The van der Waals surface area contributed by atoms with E-state index in [0.717, 1.165) is 19.5 Å². The molecule has 20 heavy (non-hydrogen) atoms. The van der Waals surface area contributed by atoms with E-state index < -0.39 is 4.92 Å². The molecule has 0 atom stereocenters. The number of Topliss-reactive ketones (excluding diaryl/α,β-unsaturated/α-hetero) is 1. The molecule has 0 saturated carbocycles. The van der Waals surface area contributed by atoms with Gasteiger partial charge < -0.3 is 4.90 Å². The molecule has 1 aromatic rings. The predicted molar refractivity (Wildman–Crippen MR) is 78.1 cm³/mol. The van der Waals surface area contributed by atoms with Crippen molar-refractivity contribution >= 4 is 11.5 Å². The van der Waals surface area contributed by atoms with Gasteiger partial charge in [-0.15, -0.1) is 0 Å². The lowest BCUT2D eigenvalue weighted by Crippen LogP contribution is -2.29. The number of ketones is 1. The first-order valence-electron chi connectivity index (χ1n) is 6.51. The van der Waals surface area contributed by atoms with Gasteiger partial charge in [-0.2, -0.15) is 0 Å². The molecule has 0 saturated heterocycles. The highest BCUT2D eigenvalue weighted by Gasteiger charge is 2.13. The molecule has 1 aromatic carbocycles. The monoisotopic (exact) mass is 279 g/mol. The van der Waals surface area contributed by atoms with Crippen LogP contribution in [0.5, 0.6) is 0 Å². The van der Waals surface area contributed by atoms with E-state index in [2.05, 4.69) is 4.90 Å². The second-order valence-corrected chi connectivity index (χ2v) is 5.13. The molecule has 0 fully saturated rings. The van der Waals surface area contributed by atoms with Gasteiger partial charge in [-0.05, 0) is 40.7 Å². The number of hydrogen-bond donors (Lipinski definition) is 0. The zero-order chi connectivity index (χ0) is 15.1. The highest BCUT2D eigenvalue weighted by atomic mass is 16.6. The molecule has 6 heteroatoms. The number of rotatable bonds is 8. The van der Waals surface area contributed by atoms with Gasteiger partial charge in [0.25, 0.3) is 5.69 Å². The van der Waals surface area contributed by atoms with Crippen molar-refractivity contribution in [1.82, 2.24) is 9.80 Å². The van der Waals surface area contributed by atoms with E-state index in [4.69, 9.17) is 0 Å². The van der Waals surface area contributed by atoms with Crippen LogP contribution in [0.15, 0.2) is 24.3 Å². The van der Waals surface area contributed by atoms with Gasteiger partial charge in [0.05, 0.1) is 11.5 Å². The van der Waals surface area contributed by atoms with Gasteiger partial charge in [-0.25, -0.2) is 0 Å². The number of carbonyl (C=O) groups is 1. The molecule has 110 valence electrons. The van der Waals surface area contributed by atoms with Gasteiger partial charge in [0.1, 0.15) is 0 Å². The lowest BCUT2D eigenvalue weighted by Gasteiger charge is -2.17. The van der Waals surface area contributed by atoms with E-state index in [9.17, 15) is 14.9 Å². The van der Waals surface area contributed by atoms with E-state index in [1.807, 2.05) is 26.0 Å². The Hall–Kier alpha value is -1.79. The number of non-ortho nitro benzene ring substituents is 1. The molecule has 0 heterocycles. The van der Waals surface area contributed by atoms with Gasteiger partial charge in [-0.1, -0.05) is 12.1 Å². The van der Waals surface area contributed by atoms with Gasteiger partial charge in [-0.3, -0.25) is 19.8 Å². The minimum absolute atomic E-state index is 0.0499. The summed E-state index contributed by atoms with van der Waals surface area (Å²) >= 11 is 0. The number of likely N-dealkylation sites (N-methyl/N-ethyl adjacent to an activating group) is 1. The Morgan fingerprint density at radius 3 is 2.55 bits per heavy atom. The van der Waals surface area contributed by atoms with Crippen LogP contribution in [0.4, 0.5) is 5.69 Å². The molecule has 6 nitrogen and oxygen atoms in total. The van der Waals surface area contributed by atoms with Crippen LogP contribution in [-0.4, -0.2) is 61.3 Å². The Labute approximate surface area is 119 Å². The SMILES string of the molecule is CN(C)CCCN(C)CC(=O)c1cccc([N+](=O)[O-])c1. The van der Waals surface area contributed by atoms with E-state index in [1.165, 1.54) is 18.2 Å². The third-order valence-corrected chi connectivity index (χ3v) is 2.94. The molecule has 0 aliphatic carbocycles. The molecule has 0 bridgehead atoms. The van der Waals surface area contributed by atoms with Crippen LogP contribution >= 0.6 is 0 Å². The van der Waals surface area contributed by atoms with Crippen molar-refractivity contribution in [2.75, 3.05) is 40.8 Å². The minimum Gasteiger partial charge on any atom is -0.309 e. The van der Waals surface area contributed by atoms with Gasteiger partial charge in [0.15, 0.2) is 5.78 Å². The number of nitro groups is 1. The van der Waals surface area contributed by atoms with Crippen molar-refractivity contribution in [1.29, 1.82) is 0 Å². The molecule has 0 amide bonds. The maximum Gasteiger partial charge on any atom is 0.270 e. The number of carbonyl (C=O) groups excluding carboxylic acids is 1. The Kier molecular flexibility index (Phi) is 6.27. The van der Waals surface area contributed by atoms with E-state index in [0.29, 0.717) is 5.56 Å². The molecule has 0 aromatic heterocycles. The number of nitro benzene ring substituents is 1. The van der Waals surface area contributed by atoms with Crippen molar-refractivity contribution in [2.45, 2.75) is 6.42 Å². The predicted octanol–water partition coefficient (Wildman–Crippen LogP) is 1.66. The molecular formula is C14H21N3O3. The number of hydrogen-bond acceptors (Lipinski definition) is 5. The summed E-state index contributed by atoms with van der Waals surface area (Å²) in [5.74, 6) is -0.0962. The van der Waals surface area contributed by atoms with E-state index >= 15 is 0 Å². The molecule has 0 N–H and O–H groups in total. The fraction of sp³-hybridized carbons (Fsp3) is 0.500. The fourth-order valence-electron chi connectivity index (χ4n) is 1.87. The molecule has 0 radical (unpaired) electrons. The average molecular weight is 279 g/mol. The highest BCUT2D eigenvalue weighted by molar-refractivity contribution is 5.98. The van der Waals surface area contributed by atoms with Crippen molar-refractivity contribution in [3.05, 3.63) is 39.9 Å². The summed E-state index contributed by atoms with van der Waals surface area (Å²) in [6, 6.07) is 5.87. The molecular weight excluding hydrogens is 258 g/mol. The summed E-state index contributed by atoms with van der Waals surface area (Å²) < 4.78 is 0. The topological polar surface area (TPSA) is 66.7 Å². The van der Waals surface area contributed by atoms with Crippen molar-refractivity contribution in [3.8, 4) is 0 Å². The van der Waals surface area contributed by atoms with Crippen LogP contribution in [0.3, 0.4) is 0 Å². The highest BCUT2D eigenvalue weighted by Crippen LogP contribution is 2.13. The zero-order valence-electron chi connectivity index (χ0n) is 12.2. The van der Waals surface area contributed by atoms with Crippen molar-refractivity contribution < 1.29 is 9.72 Å². The lowest BCUT2D eigenvalue weighted by atomic mass is 10.1. The number of nitrogens with zero attached hydrogens (tertiary/aromatic N) is 3. The summed E-state index contributed by atoms with van der Waals surface area (Å²) in [7, 11) is 5.90. The molecule has 0 aliphatic rings. The Morgan fingerprint density at radius 1 is 1.25 bits per heavy atom. The maximum absolute atomic E-state index is 12.1. The summed E-state index contributed by atoms with van der Waals surface area (Å²) in [5, 5.41) is 10.7. The van der Waals surface area contributed by atoms with E-state index in [-0.39, 0.29) is 18.0 Å². The average Bonchev–Trinajstić information content (AvgIpc) is 2.38. The normalized spacial score (nSPS) is 11.1. The molecule has 0 spiro atoms. The standard InChI is InChI=1S/C14H21N3O3/c1-15(2)8-5-9-16(3)11-14(18)12-6-4-7-13(10-12)17(19)20/h4,6-7,10H,5,8-9,11H2,1-3H3. The van der Waals surface area contributed by atoms with Gasteiger partial charge in [0, 0.05) is 17.7 Å². The largest absolute Gasteiger partial charge is 0.309 e. The van der Waals surface area contributed by atoms with E-state index in [1.54, 1.807) is 6.07 Å². The summed E-state index contributed by atoms with van der Waals surface area (Å²) in [5.41, 5.74) is 0.338. The van der Waals surface area contributed by atoms with Crippen LogP contribution < -0.4 is 0 Å². The Morgan fingerprint density at radius 2 is 1.95 bits per heavy atom. The second-order valence-electron chi connectivity index (χ2n) is 5.13. The first-order valence-corrected chi connectivity index (χ1v) is 6.51. The smallest absolute Gasteiger partial charge is 0.270 e. The summed E-state index contributed by atoms with van der Waals surface area (Å²) in [4.78, 5) is 26.3. The molecule has 1 rings (SSSR count). The van der Waals surface area contributed by atoms with Crippen LogP contribution in [0.25, 0.3) is 0 Å². The fourth-order valence-corrected chi connectivity index (χ4v) is 1.87. The first-order chi connectivity index (χ1) is 9.40. The third kappa shape index (κ3) is 5.46. The van der Waals surface area contributed by atoms with Gasteiger partial charge in [0.2, 0.25) is 0 Å². The van der Waals surface area contributed by atoms with Crippen LogP contribution in [0.2, 0.25) is 0 Å². The van der Waals surface area contributed by atoms with Crippen LogP contribution in [-0.2, 0) is 0 Å². The van der Waals surface area contributed by atoms with Gasteiger partial charge >= 0.3 is 0 Å². The first kappa shape index (κ1) is 16.3. The Bertz CT molecular complexity index is 474. The second kappa shape index (κ2) is 7.72. The van der Waals surface area contributed by atoms with Crippen LogP contribution in [0.1, 0.15) is 16.8 Å². The van der Waals surface area contributed by atoms with Crippen LogP contribution in [0, 0.1) is 10.1 Å². The summed E-state index contributed by atoms with van der Waals surface area (Å²) in [6.07, 6.45) is 0.978.